The van der Waals surface area contributed by atoms with Crippen LogP contribution < -0.4 is 5.32 Å². The lowest BCUT2D eigenvalue weighted by molar-refractivity contribution is -0.141. The van der Waals surface area contributed by atoms with E-state index in [4.69, 9.17) is 0 Å². The molecule has 0 bridgehead atoms. The van der Waals surface area contributed by atoms with Gasteiger partial charge < -0.3 is 15.2 Å². The van der Waals surface area contributed by atoms with Crippen LogP contribution in [0.15, 0.2) is 24.3 Å². The quantitative estimate of drug-likeness (QED) is 0.904. The molecule has 0 spiro atoms. The van der Waals surface area contributed by atoms with Crippen LogP contribution in [0.5, 0.6) is 0 Å². The minimum absolute atomic E-state index is 0.0454. The summed E-state index contributed by atoms with van der Waals surface area (Å²) >= 11 is 0. The number of rotatable bonds is 4. The number of carbonyl (C=O) groups is 2. The molecule has 2 aromatic rings. The van der Waals surface area contributed by atoms with Gasteiger partial charge in [-0.25, -0.2) is 4.98 Å². The maximum atomic E-state index is 12.6. The van der Waals surface area contributed by atoms with Gasteiger partial charge in [-0.2, -0.15) is 0 Å². The summed E-state index contributed by atoms with van der Waals surface area (Å²) in [7, 11) is 0. The maximum absolute atomic E-state index is 12.6. The molecule has 3 rings (SSSR count). The average molecular weight is 328 g/mol. The van der Waals surface area contributed by atoms with Crippen molar-refractivity contribution in [1.82, 2.24) is 20.2 Å². The molecule has 1 aliphatic rings. The molecule has 1 aromatic heterocycles. The Labute approximate surface area is 141 Å². The SMILES string of the molecule is CC(C)C(=O)N1CCC[C@@H]1C(=O)N[C@@H](C)c1nc2ccccc2[nH]1. The number of H-pyrrole nitrogens is 1. The third-order valence-corrected chi connectivity index (χ3v) is 4.51. The Hall–Kier alpha value is -2.37. The van der Waals surface area contributed by atoms with E-state index in [0.29, 0.717) is 6.54 Å². The molecular formula is C18H24N4O2. The molecule has 2 N–H and O–H groups in total. The lowest BCUT2D eigenvalue weighted by Crippen LogP contribution is -2.47. The summed E-state index contributed by atoms with van der Waals surface area (Å²) in [5.74, 6) is 0.578. The molecule has 1 aliphatic heterocycles. The maximum Gasteiger partial charge on any atom is 0.243 e. The van der Waals surface area contributed by atoms with Crippen LogP contribution in [0, 0.1) is 5.92 Å². The number of aromatic nitrogens is 2. The number of para-hydroxylation sites is 2. The molecule has 0 unspecified atom stereocenters. The second-order valence-electron chi connectivity index (χ2n) is 6.71. The predicted octanol–water partition coefficient (Wildman–Crippen LogP) is 2.39. The topological polar surface area (TPSA) is 78.1 Å². The van der Waals surface area contributed by atoms with Crippen molar-refractivity contribution in [1.29, 1.82) is 0 Å². The molecule has 0 aliphatic carbocycles. The Morgan fingerprint density at radius 1 is 1.29 bits per heavy atom. The van der Waals surface area contributed by atoms with Crippen LogP contribution in [0.2, 0.25) is 0 Å². The average Bonchev–Trinajstić information content (AvgIpc) is 3.20. The standard InChI is InChI=1S/C18H24N4O2/c1-11(2)18(24)22-10-6-9-15(22)17(23)19-12(3)16-20-13-7-4-5-8-14(13)21-16/h4-5,7-8,11-12,15H,6,9-10H2,1-3H3,(H,19,23)(H,20,21)/t12-,15+/m0/s1. The minimum atomic E-state index is -0.369. The normalized spacial score (nSPS) is 19.0. The summed E-state index contributed by atoms with van der Waals surface area (Å²) in [5, 5.41) is 3.00. The molecule has 24 heavy (non-hydrogen) atoms. The van der Waals surface area contributed by atoms with Crippen molar-refractivity contribution in [3.63, 3.8) is 0 Å². The van der Waals surface area contributed by atoms with E-state index in [-0.39, 0.29) is 29.8 Å². The fourth-order valence-electron chi connectivity index (χ4n) is 3.19. The highest BCUT2D eigenvalue weighted by Crippen LogP contribution is 2.21. The lowest BCUT2D eigenvalue weighted by atomic mass is 10.1. The first-order valence-corrected chi connectivity index (χ1v) is 8.53. The van der Waals surface area contributed by atoms with Crippen LogP contribution in [0.25, 0.3) is 11.0 Å². The molecule has 2 heterocycles. The van der Waals surface area contributed by atoms with E-state index in [0.717, 1.165) is 29.7 Å². The minimum Gasteiger partial charge on any atom is -0.345 e. The number of amides is 2. The summed E-state index contributed by atoms with van der Waals surface area (Å²) in [6.07, 6.45) is 1.59. The zero-order valence-corrected chi connectivity index (χ0v) is 14.4. The third-order valence-electron chi connectivity index (χ3n) is 4.51. The zero-order valence-electron chi connectivity index (χ0n) is 14.4. The number of imidazole rings is 1. The predicted molar refractivity (Wildman–Crippen MR) is 92.2 cm³/mol. The molecule has 0 radical (unpaired) electrons. The fraction of sp³-hybridized carbons (Fsp3) is 0.500. The zero-order chi connectivity index (χ0) is 17.3. The highest BCUT2D eigenvalue weighted by atomic mass is 16.2. The molecular weight excluding hydrogens is 304 g/mol. The van der Waals surface area contributed by atoms with E-state index in [1.807, 2.05) is 45.0 Å². The molecule has 2 amide bonds. The van der Waals surface area contributed by atoms with Gasteiger partial charge in [0.25, 0.3) is 0 Å². The van der Waals surface area contributed by atoms with Crippen LogP contribution in [0.4, 0.5) is 0 Å². The van der Waals surface area contributed by atoms with Gasteiger partial charge in [-0.1, -0.05) is 26.0 Å². The van der Waals surface area contributed by atoms with E-state index < -0.39 is 0 Å². The Balaban J connectivity index is 1.70. The fourth-order valence-corrected chi connectivity index (χ4v) is 3.19. The van der Waals surface area contributed by atoms with Crippen molar-refractivity contribution >= 4 is 22.8 Å². The molecule has 2 atom stereocenters. The number of carbonyl (C=O) groups excluding carboxylic acids is 2. The highest BCUT2D eigenvalue weighted by molar-refractivity contribution is 5.89. The first-order valence-electron chi connectivity index (χ1n) is 8.53. The van der Waals surface area contributed by atoms with Gasteiger partial charge >= 0.3 is 0 Å². The Morgan fingerprint density at radius 3 is 2.75 bits per heavy atom. The Bertz CT molecular complexity index is 719. The smallest absolute Gasteiger partial charge is 0.243 e. The monoisotopic (exact) mass is 328 g/mol. The van der Waals surface area contributed by atoms with E-state index >= 15 is 0 Å². The molecule has 1 saturated heterocycles. The van der Waals surface area contributed by atoms with Crippen molar-refractivity contribution < 1.29 is 9.59 Å². The molecule has 0 saturated carbocycles. The second-order valence-corrected chi connectivity index (χ2v) is 6.71. The van der Waals surface area contributed by atoms with E-state index in [2.05, 4.69) is 15.3 Å². The van der Waals surface area contributed by atoms with Gasteiger partial charge in [0.2, 0.25) is 11.8 Å². The second kappa shape index (κ2) is 6.63. The van der Waals surface area contributed by atoms with Gasteiger partial charge in [0.1, 0.15) is 11.9 Å². The van der Waals surface area contributed by atoms with Crippen molar-refractivity contribution in [3.8, 4) is 0 Å². The molecule has 128 valence electrons. The largest absolute Gasteiger partial charge is 0.345 e. The number of nitrogens with one attached hydrogen (secondary N) is 2. The molecule has 1 fully saturated rings. The molecule has 1 aromatic carbocycles. The molecule has 6 nitrogen and oxygen atoms in total. The van der Waals surface area contributed by atoms with Crippen LogP contribution >= 0.6 is 0 Å². The first kappa shape index (κ1) is 16.5. The van der Waals surface area contributed by atoms with Crippen molar-refractivity contribution in [2.24, 2.45) is 5.92 Å². The number of hydrogen-bond donors (Lipinski definition) is 2. The van der Waals surface area contributed by atoms with Gasteiger partial charge in [0, 0.05) is 12.5 Å². The number of nitrogens with zero attached hydrogens (tertiary/aromatic N) is 2. The first-order chi connectivity index (χ1) is 11.5. The van der Waals surface area contributed by atoms with Gasteiger partial charge in [0.05, 0.1) is 17.1 Å². The summed E-state index contributed by atoms with van der Waals surface area (Å²) < 4.78 is 0. The van der Waals surface area contributed by atoms with Crippen molar-refractivity contribution in [2.75, 3.05) is 6.54 Å². The number of fused-ring (bicyclic) bond motifs is 1. The van der Waals surface area contributed by atoms with E-state index in [1.54, 1.807) is 4.90 Å². The summed E-state index contributed by atoms with van der Waals surface area (Å²) in [6.45, 7) is 6.30. The summed E-state index contributed by atoms with van der Waals surface area (Å²) in [6, 6.07) is 7.17. The van der Waals surface area contributed by atoms with Gasteiger partial charge in [-0.15, -0.1) is 0 Å². The Kier molecular flexibility index (Phi) is 4.55. The number of hydrogen-bond acceptors (Lipinski definition) is 3. The van der Waals surface area contributed by atoms with Crippen molar-refractivity contribution in [2.45, 2.75) is 45.7 Å². The van der Waals surface area contributed by atoms with Gasteiger partial charge in [0.15, 0.2) is 0 Å². The van der Waals surface area contributed by atoms with Crippen LogP contribution in [-0.4, -0.2) is 39.3 Å². The Morgan fingerprint density at radius 2 is 2.04 bits per heavy atom. The number of likely N-dealkylation sites (tertiary alicyclic amines) is 1. The van der Waals surface area contributed by atoms with Crippen LogP contribution in [0.1, 0.15) is 45.5 Å². The van der Waals surface area contributed by atoms with Crippen LogP contribution in [-0.2, 0) is 9.59 Å². The number of benzene rings is 1. The van der Waals surface area contributed by atoms with E-state index in [1.165, 1.54) is 0 Å². The van der Waals surface area contributed by atoms with Crippen LogP contribution in [0.3, 0.4) is 0 Å². The summed E-state index contributed by atoms with van der Waals surface area (Å²) in [4.78, 5) is 34.4. The third kappa shape index (κ3) is 3.13. The van der Waals surface area contributed by atoms with Gasteiger partial charge in [-0.3, -0.25) is 9.59 Å². The molecule has 6 heteroatoms. The highest BCUT2D eigenvalue weighted by Gasteiger charge is 2.35. The van der Waals surface area contributed by atoms with E-state index in [9.17, 15) is 9.59 Å². The van der Waals surface area contributed by atoms with Crippen molar-refractivity contribution in [3.05, 3.63) is 30.1 Å². The summed E-state index contributed by atoms with van der Waals surface area (Å²) in [5.41, 5.74) is 1.83. The van der Waals surface area contributed by atoms with Gasteiger partial charge in [-0.05, 0) is 31.9 Å². The number of aromatic amines is 1. The lowest BCUT2D eigenvalue weighted by Gasteiger charge is -2.26.